The molecule has 0 spiro atoms. The van der Waals surface area contributed by atoms with E-state index < -0.39 is 0 Å². The molecule has 3 rings (SSSR count). The van der Waals surface area contributed by atoms with Gasteiger partial charge in [-0.15, -0.1) is 0 Å². The Hall–Kier alpha value is -0.130. The molecular weight excluding hydrogens is 335 g/mol. The molecule has 0 saturated heterocycles. The quantitative estimate of drug-likeness (QED) is 0.491. The van der Waals surface area contributed by atoms with Crippen LogP contribution in [-0.4, -0.2) is 0 Å². The molecule has 18 heavy (non-hydrogen) atoms. The molecule has 2 aliphatic carbocycles. The molecule has 4 unspecified atom stereocenters. The SMILES string of the molecule is NNC(CC1CC2CCC1C2)c1ccc(I)cc1. The normalized spacial score (nSPS) is 31.8. The molecule has 2 nitrogen and oxygen atoms in total. The number of benzene rings is 1. The fraction of sp³-hybridized carbons (Fsp3) is 0.600. The lowest BCUT2D eigenvalue weighted by Gasteiger charge is -2.26. The first-order chi connectivity index (χ1) is 8.76. The Labute approximate surface area is 123 Å². The second-order valence-electron chi connectivity index (χ2n) is 5.94. The van der Waals surface area contributed by atoms with Crippen molar-refractivity contribution in [2.45, 2.75) is 38.1 Å². The van der Waals surface area contributed by atoms with Crippen molar-refractivity contribution in [3.05, 3.63) is 33.4 Å². The van der Waals surface area contributed by atoms with E-state index in [9.17, 15) is 0 Å². The average Bonchev–Trinajstić information content (AvgIpc) is 2.99. The van der Waals surface area contributed by atoms with Gasteiger partial charge in [-0.1, -0.05) is 18.6 Å². The van der Waals surface area contributed by atoms with Crippen molar-refractivity contribution < 1.29 is 0 Å². The molecule has 2 fully saturated rings. The van der Waals surface area contributed by atoms with Crippen molar-refractivity contribution in [3.63, 3.8) is 0 Å². The molecule has 0 amide bonds. The highest BCUT2D eigenvalue weighted by molar-refractivity contribution is 14.1. The Kier molecular flexibility index (Phi) is 3.91. The van der Waals surface area contributed by atoms with Crippen LogP contribution in [0, 0.1) is 21.3 Å². The van der Waals surface area contributed by atoms with E-state index >= 15 is 0 Å². The number of hydrogen-bond donors (Lipinski definition) is 2. The Morgan fingerprint density at radius 1 is 1.22 bits per heavy atom. The van der Waals surface area contributed by atoms with Gasteiger partial charge in [0.05, 0.1) is 0 Å². The van der Waals surface area contributed by atoms with Gasteiger partial charge in [-0.05, 0) is 83.7 Å². The highest BCUT2D eigenvalue weighted by Gasteiger charge is 2.40. The maximum absolute atomic E-state index is 5.77. The van der Waals surface area contributed by atoms with E-state index in [4.69, 9.17) is 5.84 Å². The molecule has 1 aromatic rings. The summed E-state index contributed by atoms with van der Waals surface area (Å²) in [5, 5.41) is 0. The summed E-state index contributed by atoms with van der Waals surface area (Å²) in [5.74, 6) is 8.66. The van der Waals surface area contributed by atoms with Gasteiger partial charge in [0.25, 0.3) is 0 Å². The van der Waals surface area contributed by atoms with Crippen molar-refractivity contribution in [2.24, 2.45) is 23.6 Å². The predicted octanol–water partition coefficient (Wildman–Crippen LogP) is 3.62. The zero-order valence-electron chi connectivity index (χ0n) is 10.6. The second kappa shape index (κ2) is 5.47. The monoisotopic (exact) mass is 356 g/mol. The van der Waals surface area contributed by atoms with Crippen molar-refractivity contribution in [1.29, 1.82) is 0 Å². The highest BCUT2D eigenvalue weighted by Crippen LogP contribution is 2.50. The molecule has 2 bridgehead atoms. The largest absolute Gasteiger partial charge is 0.271 e. The van der Waals surface area contributed by atoms with Gasteiger partial charge >= 0.3 is 0 Å². The summed E-state index contributed by atoms with van der Waals surface area (Å²) in [5.41, 5.74) is 4.36. The number of rotatable bonds is 4. The third kappa shape index (κ3) is 2.58. The number of nitrogens with two attached hydrogens (primary N) is 1. The maximum atomic E-state index is 5.77. The zero-order chi connectivity index (χ0) is 12.5. The molecule has 0 aliphatic heterocycles. The lowest BCUT2D eigenvalue weighted by molar-refractivity contribution is 0.280. The fourth-order valence-corrected chi connectivity index (χ4v) is 4.32. The van der Waals surface area contributed by atoms with Crippen molar-refractivity contribution in [2.75, 3.05) is 0 Å². The first-order valence-electron chi connectivity index (χ1n) is 6.98. The summed E-state index contributed by atoms with van der Waals surface area (Å²) >= 11 is 2.35. The van der Waals surface area contributed by atoms with Gasteiger partial charge < -0.3 is 0 Å². The van der Waals surface area contributed by atoms with Gasteiger partial charge in [-0.25, -0.2) is 0 Å². The van der Waals surface area contributed by atoms with Crippen LogP contribution in [0.5, 0.6) is 0 Å². The van der Waals surface area contributed by atoms with Crippen LogP contribution >= 0.6 is 22.6 Å². The third-order valence-electron chi connectivity index (χ3n) is 4.90. The summed E-state index contributed by atoms with van der Waals surface area (Å²) in [6.45, 7) is 0. The molecule has 3 heteroatoms. The average molecular weight is 356 g/mol. The predicted molar refractivity (Wildman–Crippen MR) is 82.8 cm³/mol. The molecule has 98 valence electrons. The third-order valence-corrected chi connectivity index (χ3v) is 5.62. The smallest absolute Gasteiger partial charge is 0.0462 e. The lowest BCUT2D eigenvalue weighted by atomic mass is 9.83. The van der Waals surface area contributed by atoms with Gasteiger partial charge in [0.15, 0.2) is 0 Å². The van der Waals surface area contributed by atoms with E-state index in [-0.39, 0.29) is 0 Å². The number of hydrazine groups is 1. The Bertz CT molecular complexity index is 403. The van der Waals surface area contributed by atoms with Crippen LogP contribution in [0.3, 0.4) is 0 Å². The van der Waals surface area contributed by atoms with Gasteiger partial charge in [0.1, 0.15) is 0 Å². The van der Waals surface area contributed by atoms with Crippen LogP contribution in [0.4, 0.5) is 0 Å². The van der Waals surface area contributed by atoms with E-state index in [2.05, 4.69) is 52.3 Å². The second-order valence-corrected chi connectivity index (χ2v) is 7.19. The van der Waals surface area contributed by atoms with E-state index in [0.29, 0.717) is 6.04 Å². The maximum Gasteiger partial charge on any atom is 0.0462 e. The Balaban J connectivity index is 1.67. The van der Waals surface area contributed by atoms with Crippen LogP contribution in [0.15, 0.2) is 24.3 Å². The minimum absolute atomic E-state index is 0.325. The molecule has 1 aromatic carbocycles. The minimum atomic E-state index is 0.325. The van der Waals surface area contributed by atoms with Crippen LogP contribution in [0.2, 0.25) is 0 Å². The summed E-state index contributed by atoms with van der Waals surface area (Å²) in [6.07, 6.45) is 7.06. The van der Waals surface area contributed by atoms with Gasteiger partial charge in [-0.3, -0.25) is 11.3 Å². The van der Waals surface area contributed by atoms with E-state index in [1.807, 2.05) is 0 Å². The van der Waals surface area contributed by atoms with E-state index in [1.54, 1.807) is 0 Å². The summed E-state index contributed by atoms with van der Waals surface area (Å²) in [4.78, 5) is 0. The van der Waals surface area contributed by atoms with Gasteiger partial charge in [0, 0.05) is 9.61 Å². The zero-order valence-corrected chi connectivity index (χ0v) is 12.8. The summed E-state index contributed by atoms with van der Waals surface area (Å²) in [7, 11) is 0. The van der Waals surface area contributed by atoms with Crippen molar-refractivity contribution in [3.8, 4) is 0 Å². The van der Waals surface area contributed by atoms with E-state index in [1.165, 1.54) is 41.2 Å². The van der Waals surface area contributed by atoms with Crippen LogP contribution in [-0.2, 0) is 0 Å². The fourth-order valence-electron chi connectivity index (χ4n) is 3.96. The number of halogens is 1. The number of hydrogen-bond acceptors (Lipinski definition) is 2. The van der Waals surface area contributed by atoms with E-state index in [0.717, 1.165) is 17.8 Å². The first-order valence-corrected chi connectivity index (χ1v) is 8.05. The number of nitrogens with one attached hydrogen (secondary N) is 1. The number of fused-ring (bicyclic) bond motifs is 2. The lowest BCUT2D eigenvalue weighted by Crippen LogP contribution is -2.30. The van der Waals surface area contributed by atoms with Gasteiger partial charge in [0.2, 0.25) is 0 Å². The molecule has 0 heterocycles. The Morgan fingerprint density at radius 3 is 2.56 bits per heavy atom. The van der Waals surface area contributed by atoms with Gasteiger partial charge in [-0.2, -0.15) is 0 Å². The molecule has 3 N–H and O–H groups in total. The molecule has 2 saturated carbocycles. The van der Waals surface area contributed by atoms with Crippen LogP contribution in [0.25, 0.3) is 0 Å². The topological polar surface area (TPSA) is 38.0 Å². The molecule has 2 aliphatic rings. The minimum Gasteiger partial charge on any atom is -0.271 e. The molecule has 0 aromatic heterocycles. The molecule has 0 radical (unpaired) electrons. The van der Waals surface area contributed by atoms with Crippen LogP contribution < -0.4 is 11.3 Å². The Morgan fingerprint density at radius 2 is 2.00 bits per heavy atom. The van der Waals surface area contributed by atoms with Crippen LogP contribution in [0.1, 0.15) is 43.7 Å². The molecular formula is C15H21IN2. The molecule has 4 atom stereocenters. The summed E-state index contributed by atoms with van der Waals surface area (Å²) in [6, 6.07) is 9.08. The van der Waals surface area contributed by atoms with Crippen molar-refractivity contribution >= 4 is 22.6 Å². The first kappa shape index (κ1) is 12.9. The summed E-state index contributed by atoms with van der Waals surface area (Å²) < 4.78 is 1.28. The van der Waals surface area contributed by atoms with Crippen molar-refractivity contribution in [1.82, 2.24) is 5.43 Å². The highest BCUT2D eigenvalue weighted by atomic mass is 127. The standard InChI is InChI=1S/C15H21IN2/c16-14-5-3-11(4-6-14)15(18-17)9-13-8-10-1-2-12(13)7-10/h3-6,10,12-13,15,18H,1-2,7-9,17H2.